The second-order valence-corrected chi connectivity index (χ2v) is 6.95. The minimum Gasteiger partial charge on any atom is -0.468 e. The largest absolute Gasteiger partial charge is 0.468 e. The third-order valence-corrected chi connectivity index (χ3v) is 3.96. The van der Waals surface area contributed by atoms with Crippen LogP contribution in [0.4, 0.5) is 42.8 Å². The van der Waals surface area contributed by atoms with Crippen LogP contribution in [-0.2, 0) is 0 Å². The molecule has 2 rings (SSSR count). The number of hydrogen-bond acceptors (Lipinski definition) is 5. The second-order valence-electron chi connectivity index (χ2n) is 5.36. The number of halogens is 8. The van der Waals surface area contributed by atoms with Crippen molar-refractivity contribution >= 4 is 52.0 Å². The van der Waals surface area contributed by atoms with Crippen LogP contribution in [0.5, 0.6) is 11.8 Å². The quantitative estimate of drug-likeness (QED) is 0.295. The van der Waals surface area contributed by atoms with E-state index < -0.39 is 49.3 Å². The van der Waals surface area contributed by atoms with E-state index in [-0.39, 0.29) is 5.69 Å². The number of ether oxygens (including phenoxy) is 2. The van der Waals surface area contributed by atoms with Crippen molar-refractivity contribution in [3.05, 3.63) is 33.9 Å². The van der Waals surface area contributed by atoms with Gasteiger partial charge in [-0.05, 0) is 46.9 Å². The highest BCUT2D eigenvalue weighted by Gasteiger charge is 2.30. The summed E-state index contributed by atoms with van der Waals surface area (Å²) in [7, 11) is 0. The third kappa shape index (κ3) is 8.25. The summed E-state index contributed by atoms with van der Waals surface area (Å²) in [6.07, 6.45) is -9.47. The van der Waals surface area contributed by atoms with Crippen LogP contribution in [-0.4, -0.2) is 41.6 Å². The number of urea groups is 1. The van der Waals surface area contributed by atoms with Gasteiger partial charge in [0.15, 0.2) is 13.2 Å². The van der Waals surface area contributed by atoms with Gasteiger partial charge in [-0.3, -0.25) is 5.32 Å². The maximum absolute atomic E-state index is 12.3. The van der Waals surface area contributed by atoms with E-state index in [1.807, 2.05) is 27.9 Å². The van der Waals surface area contributed by atoms with E-state index in [1.54, 1.807) is 12.1 Å². The van der Waals surface area contributed by atoms with Gasteiger partial charge in [0.05, 0.1) is 11.8 Å². The lowest BCUT2D eigenvalue weighted by molar-refractivity contribution is -0.154. The van der Waals surface area contributed by atoms with Crippen molar-refractivity contribution in [3.8, 4) is 11.8 Å². The van der Waals surface area contributed by atoms with Crippen LogP contribution < -0.4 is 19.2 Å². The minimum absolute atomic E-state index is 0.229. The van der Waals surface area contributed by atoms with Gasteiger partial charge in [0.1, 0.15) is 0 Å². The first-order chi connectivity index (χ1) is 13.8. The highest BCUT2D eigenvalue weighted by molar-refractivity contribution is 14.1. The Hall–Kier alpha value is -2.23. The molecule has 0 atom stereocenters. The Morgan fingerprint density at radius 1 is 1.00 bits per heavy atom. The number of amides is 2. The summed E-state index contributed by atoms with van der Waals surface area (Å²) < 4.78 is 84.3. The fraction of sp³-hybridized carbons (Fsp3) is 0.267. The van der Waals surface area contributed by atoms with Crippen molar-refractivity contribution in [1.82, 2.24) is 9.97 Å². The molecule has 2 aromatic rings. The molecule has 0 fully saturated rings. The van der Waals surface area contributed by atoms with E-state index >= 15 is 0 Å². The molecule has 0 radical (unpaired) electrons. The average molecular weight is 571 g/mol. The summed E-state index contributed by atoms with van der Waals surface area (Å²) in [6.45, 7) is -3.55. The lowest BCUT2D eigenvalue weighted by Crippen LogP contribution is -2.28. The monoisotopic (exact) mass is 570 g/mol. The molecule has 0 unspecified atom stereocenters. The van der Waals surface area contributed by atoms with Crippen molar-refractivity contribution in [2.45, 2.75) is 12.4 Å². The molecule has 1 N–H and O–H groups in total. The minimum atomic E-state index is -4.74. The van der Waals surface area contributed by atoms with Gasteiger partial charge in [-0.2, -0.15) is 36.3 Å². The van der Waals surface area contributed by atoms with Gasteiger partial charge in [-0.25, -0.2) is 9.21 Å². The first kappa shape index (κ1) is 24.0. The Morgan fingerprint density at radius 2 is 1.47 bits per heavy atom. The predicted octanol–water partition coefficient (Wildman–Crippen LogP) is 5.16. The third-order valence-electron chi connectivity index (χ3n) is 2.90. The Morgan fingerprint density at radius 3 is 1.90 bits per heavy atom. The summed E-state index contributed by atoms with van der Waals surface area (Å²) in [5, 5.41) is 2.04. The van der Waals surface area contributed by atoms with E-state index in [9.17, 15) is 31.1 Å². The summed E-state index contributed by atoms with van der Waals surface area (Å²) in [5.41, 5.74) is 0.229. The smallest absolute Gasteiger partial charge is 0.422 e. The number of carbonyl (C=O) groups is 1. The molecule has 0 saturated heterocycles. The van der Waals surface area contributed by atoms with E-state index in [2.05, 4.69) is 19.4 Å². The summed E-state index contributed by atoms with van der Waals surface area (Å²) in [4.78, 5) is 19.2. The van der Waals surface area contributed by atoms with Crippen molar-refractivity contribution in [2.24, 2.45) is 0 Å². The molecule has 15 heteroatoms. The number of rotatable bonds is 6. The maximum Gasteiger partial charge on any atom is 0.422 e. The highest BCUT2D eigenvalue weighted by Crippen LogP contribution is 2.25. The molecule has 1 aromatic carbocycles. The van der Waals surface area contributed by atoms with Crippen LogP contribution in [0.3, 0.4) is 0 Å². The van der Waals surface area contributed by atoms with Gasteiger partial charge < -0.3 is 9.47 Å². The molecule has 0 aliphatic carbocycles. The summed E-state index contributed by atoms with van der Waals surface area (Å²) in [6, 6.07) is 5.86. The maximum atomic E-state index is 12.3. The zero-order chi connectivity index (χ0) is 22.5. The molecule has 1 heterocycles. The number of benzene rings is 1. The van der Waals surface area contributed by atoms with Gasteiger partial charge in [0.2, 0.25) is 17.7 Å². The van der Waals surface area contributed by atoms with Crippen LogP contribution in [0.15, 0.2) is 30.3 Å². The average Bonchev–Trinajstić information content (AvgIpc) is 2.63. The standard InChI is InChI=1S/C15H10ClF6IN4O3/c16-27(9-3-1-8(23)2-4-9)13(28)26-12-24-10(29-6-14(17,18)19)5-11(25-12)30-7-15(20,21)22/h1-5H,6-7H2,(H,24,25,26,28). The number of carbonyl (C=O) groups excluding carboxylic acids is 1. The van der Waals surface area contributed by atoms with Gasteiger partial charge >= 0.3 is 18.4 Å². The summed E-state index contributed by atoms with van der Waals surface area (Å²) in [5.74, 6) is -2.23. The molecule has 30 heavy (non-hydrogen) atoms. The summed E-state index contributed by atoms with van der Waals surface area (Å²) >= 11 is 7.90. The van der Waals surface area contributed by atoms with E-state index in [4.69, 9.17) is 11.8 Å². The van der Waals surface area contributed by atoms with Crippen LogP contribution in [0.2, 0.25) is 0 Å². The van der Waals surface area contributed by atoms with E-state index in [0.717, 1.165) is 3.57 Å². The Labute approximate surface area is 183 Å². The Bertz CT molecular complexity index is 846. The molecule has 0 bridgehead atoms. The molecule has 0 spiro atoms. The molecular weight excluding hydrogens is 561 g/mol. The zero-order valence-electron chi connectivity index (χ0n) is 14.4. The van der Waals surface area contributed by atoms with Crippen molar-refractivity contribution in [2.75, 3.05) is 22.9 Å². The van der Waals surface area contributed by atoms with E-state index in [1.165, 1.54) is 12.1 Å². The molecule has 0 aliphatic heterocycles. The van der Waals surface area contributed by atoms with Crippen molar-refractivity contribution < 1.29 is 40.6 Å². The van der Waals surface area contributed by atoms with E-state index in [0.29, 0.717) is 10.5 Å². The Kier molecular flexibility index (Phi) is 7.79. The number of alkyl halides is 6. The lowest BCUT2D eigenvalue weighted by Gasteiger charge is -2.16. The van der Waals surface area contributed by atoms with Crippen LogP contribution in [0.25, 0.3) is 0 Å². The molecular formula is C15H10ClF6IN4O3. The van der Waals surface area contributed by atoms with Crippen LogP contribution >= 0.6 is 34.4 Å². The number of anilines is 2. The van der Waals surface area contributed by atoms with Gasteiger partial charge in [0, 0.05) is 15.3 Å². The molecule has 1 aromatic heterocycles. The topological polar surface area (TPSA) is 76.6 Å². The van der Waals surface area contributed by atoms with Crippen LogP contribution in [0, 0.1) is 3.57 Å². The first-order valence-electron chi connectivity index (χ1n) is 7.63. The fourth-order valence-electron chi connectivity index (χ4n) is 1.75. The molecule has 7 nitrogen and oxygen atoms in total. The van der Waals surface area contributed by atoms with Crippen LogP contribution in [0.1, 0.15) is 0 Å². The molecule has 0 aliphatic rings. The molecule has 0 saturated carbocycles. The van der Waals surface area contributed by atoms with Crippen molar-refractivity contribution in [1.29, 1.82) is 0 Å². The van der Waals surface area contributed by atoms with Crippen molar-refractivity contribution in [3.63, 3.8) is 0 Å². The van der Waals surface area contributed by atoms with Gasteiger partial charge in [-0.1, -0.05) is 0 Å². The predicted molar refractivity (Wildman–Crippen MR) is 102 cm³/mol. The second kappa shape index (κ2) is 9.72. The number of aromatic nitrogens is 2. The number of nitrogens with one attached hydrogen (secondary N) is 1. The highest BCUT2D eigenvalue weighted by atomic mass is 127. The van der Waals surface area contributed by atoms with Gasteiger partial charge in [-0.15, -0.1) is 0 Å². The lowest BCUT2D eigenvalue weighted by atomic mass is 10.3. The number of nitrogens with zero attached hydrogens (tertiary/aromatic N) is 3. The zero-order valence-corrected chi connectivity index (χ0v) is 17.3. The number of hydrogen-bond donors (Lipinski definition) is 1. The fourth-order valence-corrected chi connectivity index (χ4v) is 2.27. The Balaban J connectivity index is 2.20. The molecule has 164 valence electrons. The molecule has 2 amide bonds. The SMILES string of the molecule is O=C(Nc1nc(OCC(F)(F)F)cc(OCC(F)(F)F)n1)N(Cl)c1ccc(I)cc1. The van der Waals surface area contributed by atoms with Gasteiger partial charge in [0.25, 0.3) is 0 Å². The first-order valence-corrected chi connectivity index (χ1v) is 9.05. The normalized spacial score (nSPS) is 11.7.